The highest BCUT2D eigenvalue weighted by Gasteiger charge is 2.25. The Labute approximate surface area is 187 Å². The van der Waals surface area contributed by atoms with Crippen LogP contribution in [0.2, 0.25) is 0 Å². The molecule has 0 saturated heterocycles. The summed E-state index contributed by atoms with van der Waals surface area (Å²) in [5.74, 6) is -0.288. The van der Waals surface area contributed by atoms with Crippen molar-refractivity contribution in [3.8, 4) is 22.4 Å². The predicted molar refractivity (Wildman–Crippen MR) is 122 cm³/mol. The van der Waals surface area contributed by atoms with Crippen LogP contribution in [-0.2, 0) is 16.1 Å². The van der Waals surface area contributed by atoms with Crippen molar-refractivity contribution in [2.24, 2.45) is 11.8 Å². The topological polar surface area (TPSA) is 64.4 Å². The zero-order valence-corrected chi connectivity index (χ0v) is 18.3. The fraction of sp³-hybridized carbons (Fsp3) is 0.385. The summed E-state index contributed by atoms with van der Waals surface area (Å²) in [6, 6.07) is 16.9. The van der Waals surface area contributed by atoms with Crippen molar-refractivity contribution < 1.29 is 19.0 Å². The van der Waals surface area contributed by atoms with Crippen LogP contribution in [-0.4, -0.2) is 34.1 Å². The largest absolute Gasteiger partial charge is 0.480 e. The Morgan fingerprint density at radius 3 is 2.41 bits per heavy atom. The Kier molecular flexibility index (Phi) is 7.00. The Hall–Kier alpha value is -2.99. The molecule has 0 aliphatic heterocycles. The van der Waals surface area contributed by atoms with Crippen molar-refractivity contribution in [3.05, 3.63) is 66.1 Å². The molecule has 1 heterocycles. The zero-order chi connectivity index (χ0) is 22.5. The van der Waals surface area contributed by atoms with Crippen LogP contribution in [0.3, 0.4) is 0 Å². The molecule has 1 aliphatic carbocycles. The van der Waals surface area contributed by atoms with E-state index in [1.807, 2.05) is 41.1 Å². The fourth-order valence-corrected chi connectivity index (χ4v) is 4.65. The molecule has 1 aromatic heterocycles. The Bertz CT molecular complexity index is 1060. The molecule has 5 nitrogen and oxygen atoms in total. The number of hydrogen-bond acceptors (Lipinski definition) is 3. The van der Waals surface area contributed by atoms with Gasteiger partial charge in [0.2, 0.25) is 0 Å². The minimum atomic E-state index is -0.923. The Balaban J connectivity index is 1.53. The molecule has 4 rings (SSSR count). The van der Waals surface area contributed by atoms with Gasteiger partial charge in [0.25, 0.3) is 0 Å². The minimum Gasteiger partial charge on any atom is -0.480 e. The second kappa shape index (κ2) is 10.1. The van der Waals surface area contributed by atoms with Crippen LogP contribution in [0.25, 0.3) is 22.4 Å². The lowest BCUT2D eigenvalue weighted by atomic mass is 9.82. The van der Waals surface area contributed by atoms with Gasteiger partial charge >= 0.3 is 5.97 Å². The van der Waals surface area contributed by atoms with E-state index in [9.17, 15) is 9.18 Å². The lowest BCUT2D eigenvalue weighted by molar-refractivity contribution is -0.142. The van der Waals surface area contributed by atoms with Crippen LogP contribution in [0.15, 0.2) is 54.6 Å². The van der Waals surface area contributed by atoms with Gasteiger partial charge in [-0.3, -0.25) is 4.68 Å². The molecular formula is C26H29FN2O3. The lowest BCUT2D eigenvalue weighted by Crippen LogP contribution is -2.23. The van der Waals surface area contributed by atoms with E-state index in [2.05, 4.69) is 6.92 Å². The van der Waals surface area contributed by atoms with Gasteiger partial charge in [-0.25, -0.2) is 9.18 Å². The first kappa shape index (κ1) is 22.2. The van der Waals surface area contributed by atoms with Crippen molar-refractivity contribution in [2.45, 2.75) is 39.2 Å². The number of carboxylic acid groups (broad SMARTS) is 1. The van der Waals surface area contributed by atoms with Gasteiger partial charge in [0.1, 0.15) is 18.1 Å². The van der Waals surface area contributed by atoms with Gasteiger partial charge in [-0.1, -0.05) is 42.5 Å². The van der Waals surface area contributed by atoms with E-state index in [1.165, 1.54) is 6.07 Å². The highest BCUT2D eigenvalue weighted by molar-refractivity contribution is 5.82. The molecule has 3 aromatic rings. The molecule has 0 amide bonds. The molecule has 2 aromatic carbocycles. The molecule has 168 valence electrons. The summed E-state index contributed by atoms with van der Waals surface area (Å²) in [5.41, 5.74) is 4.26. The van der Waals surface area contributed by atoms with Crippen LogP contribution in [0.4, 0.5) is 4.39 Å². The van der Waals surface area contributed by atoms with E-state index in [4.69, 9.17) is 14.9 Å². The summed E-state index contributed by atoms with van der Waals surface area (Å²) < 4.78 is 22.0. The monoisotopic (exact) mass is 436 g/mol. The highest BCUT2D eigenvalue weighted by Crippen LogP contribution is 2.37. The standard InChI is InChI=1S/C26H29FN2O3/c1-18-25(21-7-3-2-4-8-21)26(22-9-5-6-10-23(22)27)28-29(18)15-19-11-13-20(14-12-19)16-32-17-24(30)31/h2-10,19-20H,11-17H2,1H3,(H,30,31)/t19-,20-. The van der Waals surface area contributed by atoms with Gasteiger partial charge in [-0.05, 0) is 62.1 Å². The van der Waals surface area contributed by atoms with E-state index in [1.54, 1.807) is 12.1 Å². The highest BCUT2D eigenvalue weighted by atomic mass is 19.1. The number of halogens is 1. The van der Waals surface area contributed by atoms with Gasteiger partial charge in [0.15, 0.2) is 0 Å². The number of nitrogens with zero attached hydrogens (tertiary/aromatic N) is 2. The smallest absolute Gasteiger partial charge is 0.329 e. The predicted octanol–water partition coefficient (Wildman–Crippen LogP) is 5.57. The SMILES string of the molecule is Cc1c(-c2ccccc2)c(-c2ccccc2F)nn1C[C@H]1CC[C@H](COCC(=O)O)CC1. The first-order valence-electron chi connectivity index (χ1n) is 11.2. The molecule has 0 spiro atoms. The molecule has 0 bridgehead atoms. The third-order valence-corrected chi connectivity index (χ3v) is 6.37. The minimum absolute atomic E-state index is 0.229. The van der Waals surface area contributed by atoms with Gasteiger partial charge in [0.05, 0.1) is 6.61 Å². The third kappa shape index (κ3) is 5.07. The van der Waals surface area contributed by atoms with Crippen molar-refractivity contribution in [1.82, 2.24) is 9.78 Å². The Morgan fingerprint density at radius 1 is 1.06 bits per heavy atom. The number of carboxylic acids is 1. The number of carbonyl (C=O) groups is 1. The lowest BCUT2D eigenvalue weighted by Gasteiger charge is -2.28. The molecule has 0 radical (unpaired) electrons. The van der Waals surface area contributed by atoms with Crippen molar-refractivity contribution in [2.75, 3.05) is 13.2 Å². The quantitative estimate of drug-likeness (QED) is 0.501. The number of ether oxygens (including phenoxy) is 1. The maximum atomic E-state index is 14.7. The average Bonchev–Trinajstić information content (AvgIpc) is 3.11. The van der Waals surface area contributed by atoms with Crippen molar-refractivity contribution in [1.29, 1.82) is 0 Å². The van der Waals surface area contributed by atoms with Crippen molar-refractivity contribution >= 4 is 5.97 Å². The van der Waals surface area contributed by atoms with Gasteiger partial charge in [-0.2, -0.15) is 5.10 Å². The van der Waals surface area contributed by atoms with E-state index in [0.29, 0.717) is 29.7 Å². The molecule has 32 heavy (non-hydrogen) atoms. The molecule has 6 heteroatoms. The molecule has 1 aliphatic rings. The number of hydrogen-bond donors (Lipinski definition) is 1. The number of aliphatic carboxylic acids is 1. The molecule has 1 saturated carbocycles. The molecule has 1 N–H and O–H groups in total. The second-order valence-electron chi connectivity index (χ2n) is 8.63. The normalized spacial score (nSPS) is 18.6. The summed E-state index contributed by atoms with van der Waals surface area (Å²) in [7, 11) is 0. The first-order valence-corrected chi connectivity index (χ1v) is 11.2. The fourth-order valence-electron chi connectivity index (χ4n) is 4.65. The second-order valence-corrected chi connectivity index (χ2v) is 8.63. The number of aromatic nitrogens is 2. The van der Waals surface area contributed by atoms with Gasteiger partial charge in [0, 0.05) is 23.4 Å². The summed E-state index contributed by atoms with van der Waals surface area (Å²) in [5, 5.41) is 13.6. The number of benzene rings is 2. The Morgan fingerprint density at radius 2 is 1.72 bits per heavy atom. The summed E-state index contributed by atoms with van der Waals surface area (Å²) in [6.45, 7) is 3.14. The van der Waals surface area contributed by atoms with Crippen LogP contribution < -0.4 is 0 Å². The van der Waals surface area contributed by atoms with E-state index in [0.717, 1.165) is 49.0 Å². The molecule has 0 atom stereocenters. The maximum absolute atomic E-state index is 14.7. The van der Waals surface area contributed by atoms with E-state index < -0.39 is 5.97 Å². The van der Waals surface area contributed by atoms with Crippen molar-refractivity contribution in [3.63, 3.8) is 0 Å². The molecule has 0 unspecified atom stereocenters. The van der Waals surface area contributed by atoms with Gasteiger partial charge in [-0.15, -0.1) is 0 Å². The van der Waals surface area contributed by atoms with E-state index in [-0.39, 0.29) is 12.4 Å². The number of rotatable bonds is 8. The average molecular weight is 437 g/mol. The summed E-state index contributed by atoms with van der Waals surface area (Å²) >= 11 is 0. The maximum Gasteiger partial charge on any atom is 0.329 e. The summed E-state index contributed by atoms with van der Waals surface area (Å²) in [6.07, 6.45) is 4.15. The van der Waals surface area contributed by atoms with Crippen LogP contribution in [0, 0.1) is 24.6 Å². The first-order chi connectivity index (χ1) is 15.5. The molecular weight excluding hydrogens is 407 g/mol. The van der Waals surface area contributed by atoms with E-state index >= 15 is 0 Å². The third-order valence-electron chi connectivity index (χ3n) is 6.37. The van der Waals surface area contributed by atoms with Crippen LogP contribution >= 0.6 is 0 Å². The van der Waals surface area contributed by atoms with Crippen LogP contribution in [0.1, 0.15) is 31.4 Å². The molecule has 1 fully saturated rings. The zero-order valence-electron chi connectivity index (χ0n) is 18.3. The van der Waals surface area contributed by atoms with Gasteiger partial charge < -0.3 is 9.84 Å². The van der Waals surface area contributed by atoms with Crippen LogP contribution in [0.5, 0.6) is 0 Å². The summed E-state index contributed by atoms with van der Waals surface area (Å²) in [4.78, 5) is 10.6.